The lowest BCUT2D eigenvalue weighted by Gasteiger charge is -2.23. The Hall–Kier alpha value is -3.80. The molecule has 1 aliphatic rings. The van der Waals surface area contributed by atoms with Crippen LogP contribution in [-0.4, -0.2) is 23.4 Å². The second kappa shape index (κ2) is 9.36. The van der Waals surface area contributed by atoms with Gasteiger partial charge in [-0.15, -0.1) is 0 Å². The number of carbonyl (C=O) groups is 2. The fourth-order valence-corrected chi connectivity index (χ4v) is 3.94. The van der Waals surface area contributed by atoms with Gasteiger partial charge in [0, 0.05) is 11.3 Å². The molecule has 1 unspecified atom stereocenters. The summed E-state index contributed by atoms with van der Waals surface area (Å²) in [6.07, 6.45) is 2.33. The molecule has 1 N–H and O–H groups in total. The van der Waals surface area contributed by atoms with Gasteiger partial charge >= 0.3 is 0 Å². The molecule has 6 heteroatoms. The van der Waals surface area contributed by atoms with Crippen LogP contribution in [0.1, 0.15) is 56.0 Å². The molecule has 2 aromatic carbocycles. The van der Waals surface area contributed by atoms with Crippen LogP contribution in [0.4, 0.5) is 5.69 Å². The van der Waals surface area contributed by atoms with Crippen LogP contribution in [0.25, 0.3) is 5.76 Å². The van der Waals surface area contributed by atoms with Crippen molar-refractivity contribution >= 4 is 23.1 Å². The molecule has 0 saturated carbocycles. The summed E-state index contributed by atoms with van der Waals surface area (Å²) < 4.78 is 11.3. The molecular weight excluding hydrogens is 418 g/mol. The summed E-state index contributed by atoms with van der Waals surface area (Å²) in [5, 5.41) is 11.2. The molecule has 1 aromatic heterocycles. The molecule has 1 aliphatic heterocycles. The number of Topliss-reactive ketones (excluding diaryl/α,β-unsaturated/α-hetero) is 1. The minimum atomic E-state index is -0.884. The second-order valence-electron chi connectivity index (χ2n) is 8.31. The topological polar surface area (TPSA) is 80.0 Å². The highest BCUT2D eigenvalue weighted by atomic mass is 16.5. The Bertz CT molecular complexity index is 1180. The van der Waals surface area contributed by atoms with Gasteiger partial charge in [0.05, 0.1) is 18.4 Å². The third-order valence-electron chi connectivity index (χ3n) is 5.68. The van der Waals surface area contributed by atoms with Crippen molar-refractivity contribution in [3.63, 3.8) is 0 Å². The number of furan rings is 1. The van der Waals surface area contributed by atoms with Gasteiger partial charge in [0.15, 0.2) is 0 Å². The number of anilines is 1. The largest absolute Gasteiger partial charge is 0.507 e. The lowest BCUT2D eigenvalue weighted by atomic mass is 9.98. The highest BCUT2D eigenvalue weighted by Crippen LogP contribution is 2.42. The normalized spacial score (nSPS) is 17.7. The predicted octanol–water partition coefficient (Wildman–Crippen LogP) is 5.82. The van der Waals surface area contributed by atoms with Crippen LogP contribution >= 0.6 is 0 Å². The first kappa shape index (κ1) is 22.4. The minimum absolute atomic E-state index is 0.0180. The molecule has 1 amide bonds. The summed E-state index contributed by atoms with van der Waals surface area (Å²) in [7, 11) is 0. The summed E-state index contributed by atoms with van der Waals surface area (Å²) >= 11 is 0. The van der Waals surface area contributed by atoms with E-state index < -0.39 is 17.7 Å². The van der Waals surface area contributed by atoms with Gasteiger partial charge in [-0.05, 0) is 54.3 Å². The van der Waals surface area contributed by atoms with Crippen molar-refractivity contribution in [1.29, 1.82) is 0 Å². The van der Waals surface area contributed by atoms with Gasteiger partial charge in [0.2, 0.25) is 0 Å². The molecule has 0 radical (unpaired) electrons. The van der Waals surface area contributed by atoms with Crippen LogP contribution in [0.15, 0.2) is 76.9 Å². The van der Waals surface area contributed by atoms with Gasteiger partial charge in [-0.1, -0.05) is 45.0 Å². The SMILES string of the molecule is CCCOc1cccc(/C(O)=C2/C(=O)C(=O)N(c3ccc(C(C)C)cc3)C2c2ccco2)c1. The van der Waals surface area contributed by atoms with Crippen molar-refractivity contribution in [3.8, 4) is 5.75 Å². The van der Waals surface area contributed by atoms with E-state index in [-0.39, 0.29) is 11.3 Å². The minimum Gasteiger partial charge on any atom is -0.507 e. The maximum atomic E-state index is 13.2. The Morgan fingerprint density at radius 1 is 1.09 bits per heavy atom. The molecule has 4 rings (SSSR count). The fraction of sp³-hybridized carbons (Fsp3) is 0.259. The van der Waals surface area contributed by atoms with E-state index in [1.165, 1.54) is 11.2 Å². The monoisotopic (exact) mass is 445 g/mol. The average molecular weight is 446 g/mol. The van der Waals surface area contributed by atoms with Crippen molar-refractivity contribution < 1.29 is 23.8 Å². The summed E-state index contributed by atoms with van der Waals surface area (Å²) in [6.45, 7) is 6.71. The van der Waals surface area contributed by atoms with E-state index in [2.05, 4.69) is 13.8 Å². The Labute approximate surface area is 193 Å². The quantitative estimate of drug-likeness (QED) is 0.282. The molecule has 0 bridgehead atoms. The zero-order valence-electron chi connectivity index (χ0n) is 18.9. The average Bonchev–Trinajstić information content (AvgIpc) is 3.44. The van der Waals surface area contributed by atoms with Gasteiger partial charge in [-0.3, -0.25) is 14.5 Å². The van der Waals surface area contributed by atoms with Crippen LogP contribution in [-0.2, 0) is 9.59 Å². The Morgan fingerprint density at radius 3 is 2.48 bits per heavy atom. The lowest BCUT2D eigenvalue weighted by molar-refractivity contribution is -0.132. The molecule has 0 spiro atoms. The number of ether oxygens (including phenoxy) is 1. The molecule has 1 fully saturated rings. The number of ketones is 1. The molecule has 170 valence electrons. The number of nitrogens with zero attached hydrogens (tertiary/aromatic N) is 1. The predicted molar refractivity (Wildman–Crippen MR) is 126 cm³/mol. The van der Waals surface area contributed by atoms with E-state index in [4.69, 9.17) is 9.15 Å². The third-order valence-corrected chi connectivity index (χ3v) is 5.68. The Balaban J connectivity index is 1.82. The lowest BCUT2D eigenvalue weighted by Crippen LogP contribution is -2.29. The van der Waals surface area contributed by atoms with E-state index in [9.17, 15) is 14.7 Å². The summed E-state index contributed by atoms with van der Waals surface area (Å²) in [6, 6.07) is 16.9. The maximum absolute atomic E-state index is 13.2. The van der Waals surface area contributed by atoms with Crippen molar-refractivity contribution in [2.45, 2.75) is 39.2 Å². The molecule has 3 aromatic rings. The molecule has 0 aliphatic carbocycles. The zero-order chi connectivity index (χ0) is 23.5. The second-order valence-corrected chi connectivity index (χ2v) is 8.31. The number of hydrogen-bond donors (Lipinski definition) is 1. The van der Waals surface area contributed by atoms with E-state index in [1.807, 2.05) is 31.2 Å². The maximum Gasteiger partial charge on any atom is 0.300 e. The standard InChI is InChI=1S/C27H27NO5/c1-4-14-32-21-8-5-7-19(16-21)25(29)23-24(22-9-6-15-33-22)28(27(31)26(23)30)20-12-10-18(11-13-20)17(2)3/h5-13,15-17,24,29H,4,14H2,1-3H3/b25-23-. The van der Waals surface area contributed by atoms with E-state index >= 15 is 0 Å². The number of benzene rings is 2. The Morgan fingerprint density at radius 2 is 1.85 bits per heavy atom. The summed E-state index contributed by atoms with van der Waals surface area (Å²) in [5.41, 5.74) is 2.06. The van der Waals surface area contributed by atoms with Gasteiger partial charge in [0.25, 0.3) is 11.7 Å². The van der Waals surface area contributed by atoms with Crippen LogP contribution in [0, 0.1) is 0 Å². The van der Waals surface area contributed by atoms with Crippen LogP contribution in [0.3, 0.4) is 0 Å². The van der Waals surface area contributed by atoms with Gasteiger partial charge < -0.3 is 14.3 Å². The number of aliphatic hydroxyl groups excluding tert-OH is 1. The molecule has 1 saturated heterocycles. The van der Waals surface area contributed by atoms with E-state index in [0.717, 1.165) is 12.0 Å². The van der Waals surface area contributed by atoms with Crippen molar-refractivity contribution in [2.75, 3.05) is 11.5 Å². The van der Waals surface area contributed by atoms with Crippen LogP contribution < -0.4 is 9.64 Å². The summed E-state index contributed by atoms with van der Waals surface area (Å²) in [5.74, 6) is -0.443. The van der Waals surface area contributed by atoms with Crippen LogP contribution in [0.2, 0.25) is 0 Å². The van der Waals surface area contributed by atoms with E-state index in [1.54, 1.807) is 36.4 Å². The van der Waals surface area contributed by atoms with E-state index in [0.29, 0.717) is 35.3 Å². The number of aliphatic hydroxyl groups is 1. The van der Waals surface area contributed by atoms with Gasteiger partial charge in [-0.2, -0.15) is 0 Å². The highest BCUT2D eigenvalue weighted by Gasteiger charge is 2.48. The van der Waals surface area contributed by atoms with Crippen molar-refractivity contribution in [1.82, 2.24) is 0 Å². The first-order chi connectivity index (χ1) is 15.9. The third kappa shape index (κ3) is 4.29. The number of hydrogen-bond acceptors (Lipinski definition) is 5. The smallest absolute Gasteiger partial charge is 0.300 e. The molecule has 33 heavy (non-hydrogen) atoms. The highest BCUT2D eigenvalue weighted by molar-refractivity contribution is 6.51. The fourth-order valence-electron chi connectivity index (χ4n) is 3.94. The van der Waals surface area contributed by atoms with Crippen molar-refractivity contribution in [2.24, 2.45) is 0 Å². The van der Waals surface area contributed by atoms with Gasteiger partial charge in [0.1, 0.15) is 23.3 Å². The summed E-state index contributed by atoms with van der Waals surface area (Å²) in [4.78, 5) is 27.7. The van der Waals surface area contributed by atoms with Crippen molar-refractivity contribution in [3.05, 3.63) is 89.4 Å². The number of carbonyl (C=O) groups excluding carboxylic acids is 2. The molecular formula is C27H27NO5. The first-order valence-corrected chi connectivity index (χ1v) is 11.1. The first-order valence-electron chi connectivity index (χ1n) is 11.1. The molecule has 1 atom stereocenters. The molecule has 6 nitrogen and oxygen atoms in total. The van der Waals surface area contributed by atoms with Gasteiger partial charge in [-0.25, -0.2) is 0 Å². The Kier molecular flexibility index (Phi) is 6.36. The molecule has 2 heterocycles. The number of amides is 1. The zero-order valence-corrected chi connectivity index (χ0v) is 18.9. The number of rotatable bonds is 7. The van der Waals surface area contributed by atoms with Crippen LogP contribution in [0.5, 0.6) is 5.75 Å².